The quantitative estimate of drug-likeness (QED) is 0.638. The van der Waals surface area contributed by atoms with Gasteiger partial charge >= 0.3 is 0 Å². The molecule has 0 fully saturated rings. The second kappa shape index (κ2) is 6.79. The van der Waals surface area contributed by atoms with Crippen molar-refractivity contribution in [3.05, 3.63) is 0 Å². The number of carbonyl (C=O) groups excluding carboxylic acids is 1. The summed E-state index contributed by atoms with van der Waals surface area (Å²) in [5, 5.41) is 5.95. The molecule has 0 saturated carbocycles. The van der Waals surface area contributed by atoms with Crippen LogP contribution in [0.3, 0.4) is 0 Å². The van der Waals surface area contributed by atoms with E-state index in [2.05, 4.69) is 22.5 Å². The van der Waals surface area contributed by atoms with Crippen LogP contribution in [0.25, 0.3) is 0 Å². The Labute approximate surface area is 87.0 Å². The molecule has 0 rings (SSSR count). The maximum Gasteiger partial charge on any atom is 0.234 e. The number of nitrogens with one attached hydrogen (secondary N) is 2. The number of hydrogen-bond acceptors (Lipinski definition) is 3. The standard InChI is InChI=1S/C10H23N3O/c1-8(2)12-10(14)7-11-6-9(3)13(4)5/h8-9,11H,6-7H2,1-5H3,(H,12,14). The number of carbonyl (C=O) groups is 1. The van der Waals surface area contributed by atoms with Crippen LogP contribution in [-0.4, -0.2) is 50.1 Å². The molecule has 0 aromatic carbocycles. The Morgan fingerprint density at radius 3 is 2.29 bits per heavy atom. The summed E-state index contributed by atoms with van der Waals surface area (Å²) < 4.78 is 0. The van der Waals surface area contributed by atoms with Crippen molar-refractivity contribution in [3.8, 4) is 0 Å². The van der Waals surface area contributed by atoms with Crippen LogP contribution >= 0.6 is 0 Å². The highest BCUT2D eigenvalue weighted by molar-refractivity contribution is 5.78. The molecule has 0 saturated heterocycles. The van der Waals surface area contributed by atoms with Gasteiger partial charge in [-0.05, 0) is 34.9 Å². The summed E-state index contributed by atoms with van der Waals surface area (Å²) in [7, 11) is 4.06. The van der Waals surface area contributed by atoms with E-state index in [-0.39, 0.29) is 11.9 Å². The molecule has 0 heterocycles. The topological polar surface area (TPSA) is 44.4 Å². The molecule has 0 aliphatic heterocycles. The number of hydrogen-bond donors (Lipinski definition) is 2. The minimum Gasteiger partial charge on any atom is -0.353 e. The molecule has 0 bridgehead atoms. The third kappa shape index (κ3) is 6.86. The lowest BCUT2D eigenvalue weighted by Crippen LogP contribution is -2.42. The number of nitrogens with zero attached hydrogens (tertiary/aromatic N) is 1. The lowest BCUT2D eigenvalue weighted by atomic mass is 10.3. The third-order valence-corrected chi connectivity index (χ3v) is 2.06. The molecular formula is C10H23N3O. The van der Waals surface area contributed by atoms with E-state index in [1.54, 1.807) is 0 Å². The van der Waals surface area contributed by atoms with E-state index in [0.29, 0.717) is 12.6 Å². The Balaban J connectivity index is 3.49. The molecule has 0 spiro atoms. The van der Waals surface area contributed by atoms with Crippen LogP contribution in [0.15, 0.2) is 0 Å². The van der Waals surface area contributed by atoms with Gasteiger partial charge in [0, 0.05) is 18.6 Å². The maximum absolute atomic E-state index is 11.2. The van der Waals surface area contributed by atoms with Crippen LogP contribution in [0.4, 0.5) is 0 Å². The Morgan fingerprint density at radius 1 is 1.29 bits per heavy atom. The molecule has 4 heteroatoms. The average Bonchev–Trinajstić information content (AvgIpc) is 2.02. The van der Waals surface area contributed by atoms with Crippen LogP contribution in [0.2, 0.25) is 0 Å². The summed E-state index contributed by atoms with van der Waals surface area (Å²) in [6.07, 6.45) is 0. The fourth-order valence-corrected chi connectivity index (χ4v) is 0.950. The summed E-state index contributed by atoms with van der Waals surface area (Å²) >= 11 is 0. The Bertz CT molecular complexity index is 169. The molecule has 1 amide bonds. The van der Waals surface area contributed by atoms with Gasteiger partial charge in [-0.3, -0.25) is 4.79 Å². The zero-order valence-corrected chi connectivity index (χ0v) is 9.92. The van der Waals surface area contributed by atoms with E-state index in [9.17, 15) is 4.79 Å². The van der Waals surface area contributed by atoms with Crippen LogP contribution in [-0.2, 0) is 4.79 Å². The zero-order valence-electron chi connectivity index (χ0n) is 9.92. The van der Waals surface area contributed by atoms with Gasteiger partial charge < -0.3 is 15.5 Å². The first-order chi connectivity index (χ1) is 6.43. The van der Waals surface area contributed by atoms with Gasteiger partial charge in [0.05, 0.1) is 6.54 Å². The molecule has 4 nitrogen and oxygen atoms in total. The predicted molar refractivity (Wildman–Crippen MR) is 59.3 cm³/mol. The van der Waals surface area contributed by atoms with Crippen molar-refractivity contribution in [3.63, 3.8) is 0 Å². The molecule has 0 aromatic heterocycles. The van der Waals surface area contributed by atoms with Crippen LogP contribution in [0.1, 0.15) is 20.8 Å². The third-order valence-electron chi connectivity index (χ3n) is 2.06. The summed E-state index contributed by atoms with van der Waals surface area (Å²) in [6, 6.07) is 0.664. The highest BCUT2D eigenvalue weighted by Gasteiger charge is 2.06. The van der Waals surface area contributed by atoms with Gasteiger partial charge in [-0.15, -0.1) is 0 Å². The average molecular weight is 201 g/mol. The second-order valence-corrected chi connectivity index (χ2v) is 4.17. The highest BCUT2D eigenvalue weighted by atomic mass is 16.1. The largest absolute Gasteiger partial charge is 0.353 e. The van der Waals surface area contributed by atoms with Crippen molar-refractivity contribution < 1.29 is 4.79 Å². The molecule has 2 N–H and O–H groups in total. The second-order valence-electron chi connectivity index (χ2n) is 4.17. The van der Waals surface area contributed by atoms with E-state index < -0.39 is 0 Å². The monoisotopic (exact) mass is 201 g/mol. The van der Waals surface area contributed by atoms with Gasteiger partial charge in [-0.1, -0.05) is 0 Å². The van der Waals surface area contributed by atoms with E-state index >= 15 is 0 Å². The van der Waals surface area contributed by atoms with E-state index in [4.69, 9.17) is 0 Å². The van der Waals surface area contributed by atoms with Crippen LogP contribution < -0.4 is 10.6 Å². The predicted octanol–water partition coefficient (Wildman–Crippen LogP) is 0.0507. The van der Waals surface area contributed by atoms with E-state index in [0.717, 1.165) is 6.54 Å². The number of rotatable bonds is 6. The summed E-state index contributed by atoms with van der Waals surface area (Å²) in [6.45, 7) is 7.27. The first kappa shape index (κ1) is 13.4. The lowest BCUT2D eigenvalue weighted by Gasteiger charge is -2.20. The molecule has 0 aliphatic carbocycles. The molecule has 0 aromatic rings. The van der Waals surface area contributed by atoms with Crippen molar-refractivity contribution in [2.75, 3.05) is 27.2 Å². The Hall–Kier alpha value is -0.610. The lowest BCUT2D eigenvalue weighted by molar-refractivity contribution is -0.120. The maximum atomic E-state index is 11.2. The Morgan fingerprint density at radius 2 is 1.86 bits per heavy atom. The fraction of sp³-hybridized carbons (Fsp3) is 0.900. The normalized spacial score (nSPS) is 13.4. The first-order valence-corrected chi connectivity index (χ1v) is 5.10. The molecule has 0 aliphatic rings. The van der Waals surface area contributed by atoms with Crippen molar-refractivity contribution in [1.82, 2.24) is 15.5 Å². The molecule has 0 radical (unpaired) electrons. The van der Waals surface area contributed by atoms with Crippen molar-refractivity contribution >= 4 is 5.91 Å². The fourth-order valence-electron chi connectivity index (χ4n) is 0.950. The van der Waals surface area contributed by atoms with Crippen LogP contribution in [0.5, 0.6) is 0 Å². The van der Waals surface area contributed by atoms with Gasteiger partial charge in [-0.25, -0.2) is 0 Å². The van der Waals surface area contributed by atoms with Gasteiger partial charge in [0.2, 0.25) is 5.91 Å². The van der Waals surface area contributed by atoms with E-state index in [1.165, 1.54) is 0 Å². The minimum atomic E-state index is 0.0611. The van der Waals surface area contributed by atoms with Crippen molar-refractivity contribution in [1.29, 1.82) is 0 Å². The SMILES string of the molecule is CC(C)NC(=O)CNCC(C)N(C)C. The van der Waals surface area contributed by atoms with Gasteiger partial charge in [0.1, 0.15) is 0 Å². The summed E-state index contributed by atoms with van der Waals surface area (Å²) in [5.41, 5.74) is 0. The number of amides is 1. The molecule has 1 unspecified atom stereocenters. The van der Waals surface area contributed by atoms with Gasteiger partial charge in [0.25, 0.3) is 0 Å². The minimum absolute atomic E-state index is 0.0611. The van der Waals surface area contributed by atoms with Crippen molar-refractivity contribution in [2.45, 2.75) is 32.9 Å². The smallest absolute Gasteiger partial charge is 0.234 e. The van der Waals surface area contributed by atoms with Crippen LogP contribution in [0, 0.1) is 0 Å². The Kier molecular flexibility index (Phi) is 6.49. The highest BCUT2D eigenvalue weighted by Crippen LogP contribution is 1.87. The molecule has 14 heavy (non-hydrogen) atoms. The van der Waals surface area contributed by atoms with Crippen molar-refractivity contribution in [2.24, 2.45) is 0 Å². The molecule has 84 valence electrons. The summed E-state index contributed by atoms with van der Waals surface area (Å²) in [4.78, 5) is 13.3. The first-order valence-electron chi connectivity index (χ1n) is 5.10. The van der Waals surface area contributed by atoms with Gasteiger partial charge in [-0.2, -0.15) is 0 Å². The molecular weight excluding hydrogens is 178 g/mol. The molecule has 1 atom stereocenters. The van der Waals surface area contributed by atoms with Gasteiger partial charge in [0.15, 0.2) is 0 Å². The zero-order chi connectivity index (χ0) is 11.1. The number of likely N-dealkylation sites (N-methyl/N-ethyl adjacent to an activating group) is 1. The van der Waals surface area contributed by atoms with E-state index in [1.807, 2.05) is 27.9 Å². The summed E-state index contributed by atoms with van der Waals surface area (Å²) in [5.74, 6) is 0.0611.